The van der Waals surface area contributed by atoms with Gasteiger partial charge in [-0.05, 0) is 35.4 Å². The van der Waals surface area contributed by atoms with Gasteiger partial charge in [0, 0.05) is 37.5 Å². The van der Waals surface area contributed by atoms with Gasteiger partial charge in [0.2, 0.25) is 11.8 Å². The molecule has 8 nitrogen and oxygen atoms in total. The Hall–Kier alpha value is -3.24. The average Bonchev–Trinajstić information content (AvgIpc) is 3.77. The Morgan fingerprint density at radius 2 is 1.71 bits per heavy atom. The number of aliphatic hydroxyl groups excluding tert-OH is 1. The van der Waals surface area contributed by atoms with E-state index in [2.05, 4.69) is 17.1 Å². The van der Waals surface area contributed by atoms with Crippen molar-refractivity contribution in [3.8, 4) is 17.5 Å². The molecule has 3 heterocycles. The molecule has 0 amide bonds. The number of β-amino-alcohol motifs (C(OH)–C–C–N with tert-alkyl or cyclic N) is 1. The molecule has 216 valence electrons. The topological polar surface area (TPSA) is 105 Å². The summed E-state index contributed by atoms with van der Waals surface area (Å²) >= 11 is 0. The van der Waals surface area contributed by atoms with E-state index in [9.17, 15) is 19.7 Å². The summed E-state index contributed by atoms with van der Waals surface area (Å²) in [5.74, 6) is 0.171. The fourth-order valence-electron chi connectivity index (χ4n) is 7.58. The number of aliphatic hydroxyl groups is 3. The van der Waals surface area contributed by atoms with Crippen molar-refractivity contribution in [3.63, 3.8) is 0 Å². The lowest BCUT2D eigenvalue weighted by atomic mass is 9.70. The van der Waals surface area contributed by atoms with E-state index in [1.54, 1.807) is 6.07 Å². The number of methoxy groups -OCH3 is 2. The van der Waals surface area contributed by atoms with E-state index in [0.29, 0.717) is 18.2 Å². The maximum atomic E-state index is 13.4. The fourth-order valence-corrected chi connectivity index (χ4v) is 7.58. The van der Waals surface area contributed by atoms with Crippen molar-refractivity contribution in [2.24, 2.45) is 5.92 Å². The zero-order valence-electron chi connectivity index (χ0n) is 23.2. The van der Waals surface area contributed by atoms with Crippen molar-refractivity contribution in [2.75, 3.05) is 40.5 Å². The molecule has 2 saturated carbocycles. The second-order valence-corrected chi connectivity index (χ2v) is 12.1. The first-order chi connectivity index (χ1) is 19.8. The van der Waals surface area contributed by atoms with Crippen molar-refractivity contribution in [1.82, 2.24) is 9.88 Å². The number of likely N-dealkylation sites (tertiary alicyclic amines) is 1. The smallest absolute Gasteiger partial charge is 0.226 e. The normalized spacial score (nSPS) is 31.6. The summed E-state index contributed by atoms with van der Waals surface area (Å²) in [6.07, 6.45) is 1.00. The quantitative estimate of drug-likeness (QED) is 0.385. The SMILES string of the molecule is COc1cc2c(c(OC)n1)[C@]1(O)[C@H](O)[C@H](CN3CC(O)(CF)C3)[C@@H](c3ccccc3)[C@]1(c1ccc(C3CC3)cc1)O2. The standard InChI is InChI=1S/C32H35FN2O6/c1-39-25-14-24-27(29(34-25)40-2)31(38)28(36)23(15-35-17-30(37,16-33)18-35)26(21-6-4-3-5-7-21)32(31,41-24)22-12-10-20(11-13-22)19-8-9-19/h3-7,10-14,19,23,26,28,36-38H,8-9,15-18H2,1-2H3/t23-,26-,28-,31+,32+/m1/s1. The highest BCUT2D eigenvalue weighted by atomic mass is 19.1. The Balaban J connectivity index is 1.44. The van der Waals surface area contributed by atoms with E-state index in [1.807, 2.05) is 47.4 Å². The lowest BCUT2D eigenvalue weighted by molar-refractivity contribution is -0.155. The highest BCUT2D eigenvalue weighted by Gasteiger charge is 2.77. The molecule has 3 fully saturated rings. The van der Waals surface area contributed by atoms with Gasteiger partial charge in [0.15, 0.2) is 11.2 Å². The number of pyridine rings is 1. The van der Waals surface area contributed by atoms with Crippen molar-refractivity contribution >= 4 is 0 Å². The lowest BCUT2D eigenvalue weighted by Gasteiger charge is -2.47. The van der Waals surface area contributed by atoms with Gasteiger partial charge in [0.1, 0.15) is 18.0 Å². The number of rotatable bonds is 8. The third-order valence-electron chi connectivity index (χ3n) is 9.55. The third-order valence-corrected chi connectivity index (χ3v) is 9.55. The predicted molar refractivity (Wildman–Crippen MR) is 148 cm³/mol. The molecule has 7 rings (SSSR count). The molecule has 0 radical (unpaired) electrons. The molecule has 2 aliphatic heterocycles. The van der Waals surface area contributed by atoms with Gasteiger partial charge in [0.25, 0.3) is 0 Å². The van der Waals surface area contributed by atoms with Crippen LogP contribution in [-0.2, 0) is 11.2 Å². The lowest BCUT2D eigenvalue weighted by Crippen LogP contribution is -2.64. The van der Waals surface area contributed by atoms with Gasteiger partial charge in [-0.3, -0.25) is 4.90 Å². The Morgan fingerprint density at radius 1 is 1.00 bits per heavy atom. The molecule has 3 aromatic rings. The average molecular weight is 563 g/mol. The number of nitrogens with zero attached hydrogens (tertiary/aromatic N) is 2. The molecule has 2 aromatic carbocycles. The number of benzene rings is 2. The van der Waals surface area contributed by atoms with Crippen LogP contribution in [0.25, 0.3) is 0 Å². The molecule has 0 spiro atoms. The first-order valence-electron chi connectivity index (χ1n) is 14.2. The summed E-state index contributed by atoms with van der Waals surface area (Å²) in [5, 5.41) is 35.7. The minimum atomic E-state index is -1.96. The van der Waals surface area contributed by atoms with Crippen LogP contribution in [0.2, 0.25) is 0 Å². The number of aromatic nitrogens is 1. The van der Waals surface area contributed by atoms with Gasteiger partial charge in [-0.25, -0.2) is 4.39 Å². The van der Waals surface area contributed by atoms with Crippen LogP contribution >= 0.6 is 0 Å². The van der Waals surface area contributed by atoms with Gasteiger partial charge in [0.05, 0.1) is 25.9 Å². The highest BCUT2D eigenvalue weighted by molar-refractivity contribution is 5.60. The van der Waals surface area contributed by atoms with E-state index in [1.165, 1.54) is 19.8 Å². The fraction of sp³-hybridized carbons (Fsp3) is 0.469. The molecule has 3 N–H and O–H groups in total. The molecule has 1 saturated heterocycles. The van der Waals surface area contributed by atoms with Crippen LogP contribution in [0.5, 0.6) is 17.5 Å². The van der Waals surface area contributed by atoms with Gasteiger partial charge < -0.3 is 29.5 Å². The van der Waals surface area contributed by atoms with Gasteiger partial charge >= 0.3 is 0 Å². The first kappa shape index (κ1) is 26.6. The van der Waals surface area contributed by atoms with Crippen molar-refractivity contribution in [3.05, 3.63) is 82.9 Å². The zero-order chi connectivity index (χ0) is 28.6. The molecule has 2 aliphatic carbocycles. The zero-order valence-corrected chi connectivity index (χ0v) is 23.2. The molecule has 5 atom stereocenters. The Bertz CT molecular complexity index is 1440. The van der Waals surface area contributed by atoms with Gasteiger partial charge in [-0.15, -0.1) is 0 Å². The number of hydrogen-bond donors (Lipinski definition) is 3. The van der Waals surface area contributed by atoms with E-state index in [0.717, 1.165) is 24.0 Å². The summed E-state index contributed by atoms with van der Waals surface area (Å²) in [5.41, 5.74) is -1.68. The number of hydrogen-bond acceptors (Lipinski definition) is 8. The van der Waals surface area contributed by atoms with E-state index in [4.69, 9.17) is 14.2 Å². The summed E-state index contributed by atoms with van der Waals surface area (Å²) in [7, 11) is 2.95. The number of fused-ring (bicyclic) bond motifs is 3. The molecular formula is C32H35FN2O6. The minimum Gasteiger partial charge on any atom is -0.481 e. The second kappa shape index (κ2) is 9.39. The van der Waals surface area contributed by atoms with Crippen LogP contribution in [0, 0.1) is 5.92 Å². The van der Waals surface area contributed by atoms with E-state index >= 15 is 0 Å². The summed E-state index contributed by atoms with van der Waals surface area (Å²) in [6, 6.07) is 19.5. The Kier molecular flexibility index (Phi) is 6.10. The monoisotopic (exact) mass is 562 g/mol. The molecule has 41 heavy (non-hydrogen) atoms. The molecule has 9 heteroatoms. The Morgan fingerprint density at radius 3 is 2.32 bits per heavy atom. The van der Waals surface area contributed by atoms with Crippen LogP contribution in [0.4, 0.5) is 4.39 Å². The largest absolute Gasteiger partial charge is 0.481 e. The predicted octanol–water partition coefficient (Wildman–Crippen LogP) is 3.24. The van der Waals surface area contributed by atoms with Crippen LogP contribution in [0.3, 0.4) is 0 Å². The molecule has 0 bridgehead atoms. The first-order valence-corrected chi connectivity index (χ1v) is 14.2. The summed E-state index contributed by atoms with van der Waals surface area (Å²) < 4.78 is 31.5. The number of halogens is 1. The van der Waals surface area contributed by atoms with Crippen molar-refractivity contribution in [2.45, 2.75) is 47.6 Å². The van der Waals surface area contributed by atoms with Gasteiger partial charge in [-0.1, -0.05) is 54.6 Å². The number of ether oxygens (including phenoxy) is 3. The van der Waals surface area contributed by atoms with Gasteiger partial charge in [-0.2, -0.15) is 4.98 Å². The maximum absolute atomic E-state index is 13.4. The molecule has 0 unspecified atom stereocenters. The summed E-state index contributed by atoms with van der Waals surface area (Å²) in [4.78, 5) is 6.37. The van der Waals surface area contributed by atoms with Crippen molar-refractivity contribution in [1.29, 1.82) is 0 Å². The molecule has 1 aromatic heterocycles. The Labute approximate surface area is 238 Å². The second-order valence-electron chi connectivity index (χ2n) is 12.1. The van der Waals surface area contributed by atoms with E-state index < -0.39 is 41.4 Å². The van der Waals surface area contributed by atoms with Crippen LogP contribution < -0.4 is 14.2 Å². The maximum Gasteiger partial charge on any atom is 0.226 e. The highest BCUT2D eigenvalue weighted by Crippen LogP contribution is 2.70. The number of alkyl halides is 1. The van der Waals surface area contributed by atoms with E-state index in [-0.39, 0.29) is 30.4 Å². The summed E-state index contributed by atoms with van der Waals surface area (Å²) in [6.45, 7) is -0.219. The minimum absolute atomic E-state index is 0.112. The molecule has 4 aliphatic rings. The van der Waals surface area contributed by atoms with Crippen molar-refractivity contribution < 1.29 is 33.9 Å². The third kappa shape index (κ3) is 3.75. The van der Waals surface area contributed by atoms with Crippen LogP contribution in [-0.4, -0.2) is 77.4 Å². The van der Waals surface area contributed by atoms with Crippen LogP contribution in [0.1, 0.15) is 46.9 Å². The molecular weight excluding hydrogens is 527 g/mol. The van der Waals surface area contributed by atoms with Crippen LogP contribution in [0.15, 0.2) is 60.7 Å².